The van der Waals surface area contributed by atoms with Crippen LogP contribution in [-0.4, -0.2) is 46.1 Å². The first-order chi connectivity index (χ1) is 7.11. The van der Waals surface area contributed by atoms with Gasteiger partial charge in [-0.1, -0.05) is 0 Å². The summed E-state index contributed by atoms with van der Waals surface area (Å²) < 4.78 is 0. The lowest BCUT2D eigenvalue weighted by atomic mass is 10.1. The Balaban J connectivity index is 0. The summed E-state index contributed by atoms with van der Waals surface area (Å²) in [5, 5.41) is 17.5. The third kappa shape index (κ3) is 8.49. The zero-order valence-corrected chi connectivity index (χ0v) is 10.2. The highest BCUT2D eigenvalue weighted by atomic mass is 16.3. The van der Waals surface area contributed by atoms with Crippen molar-refractivity contribution in [2.24, 2.45) is 11.5 Å². The van der Waals surface area contributed by atoms with Gasteiger partial charge < -0.3 is 21.7 Å². The highest BCUT2D eigenvalue weighted by Crippen LogP contribution is 1.88. The van der Waals surface area contributed by atoms with Gasteiger partial charge in [0, 0.05) is 12.1 Å². The maximum absolute atomic E-state index is 10.3. The van der Waals surface area contributed by atoms with E-state index in [-0.39, 0.29) is 11.6 Å². The van der Waals surface area contributed by atoms with Crippen LogP contribution < -0.4 is 11.5 Å². The van der Waals surface area contributed by atoms with Crippen LogP contribution in [0.25, 0.3) is 0 Å². The van der Waals surface area contributed by atoms with Crippen LogP contribution in [-0.2, 0) is 9.59 Å². The van der Waals surface area contributed by atoms with Gasteiger partial charge in [-0.25, -0.2) is 0 Å². The minimum Gasteiger partial charge on any atom is -0.384 e. The van der Waals surface area contributed by atoms with Gasteiger partial charge in [-0.05, 0) is 27.7 Å². The summed E-state index contributed by atoms with van der Waals surface area (Å²) in [4.78, 5) is 20.5. The Morgan fingerprint density at radius 2 is 1.06 bits per heavy atom. The zero-order valence-electron chi connectivity index (χ0n) is 10.2. The summed E-state index contributed by atoms with van der Waals surface area (Å²) >= 11 is 0. The highest BCUT2D eigenvalue weighted by Gasteiger charge is 2.13. The maximum atomic E-state index is 10.3. The molecule has 0 saturated heterocycles. The van der Waals surface area contributed by atoms with Crippen LogP contribution in [0.1, 0.15) is 27.7 Å². The van der Waals surface area contributed by atoms with E-state index >= 15 is 0 Å². The second-order valence-electron chi connectivity index (χ2n) is 3.83. The molecular formula is C10H22N2O4. The average Bonchev–Trinajstić information content (AvgIpc) is 2.15. The molecule has 4 atom stereocenters. The molecule has 0 aromatic carbocycles. The average molecular weight is 234 g/mol. The molecule has 16 heavy (non-hydrogen) atoms. The Morgan fingerprint density at radius 1 is 0.875 bits per heavy atom. The molecule has 6 nitrogen and oxygen atoms in total. The summed E-state index contributed by atoms with van der Waals surface area (Å²) in [6, 6.07) is -0.903. The number of Topliss-reactive ketones (excluding diaryl/α,β-unsaturated/α-hetero) is 2. The van der Waals surface area contributed by atoms with Crippen LogP contribution in [0, 0.1) is 0 Å². The normalized spacial score (nSPS) is 17.5. The van der Waals surface area contributed by atoms with Crippen molar-refractivity contribution in [3.8, 4) is 0 Å². The van der Waals surface area contributed by atoms with E-state index in [0.717, 1.165) is 0 Å². The molecule has 0 bridgehead atoms. The van der Waals surface area contributed by atoms with Gasteiger partial charge in [0.2, 0.25) is 0 Å². The van der Waals surface area contributed by atoms with E-state index in [2.05, 4.69) is 0 Å². The molecule has 0 aliphatic carbocycles. The molecule has 0 amide bonds. The lowest BCUT2D eigenvalue weighted by Crippen LogP contribution is -2.36. The molecule has 6 N–H and O–H groups in total. The monoisotopic (exact) mass is 234 g/mol. The van der Waals surface area contributed by atoms with Crippen molar-refractivity contribution in [1.82, 2.24) is 0 Å². The first kappa shape index (κ1) is 17.6. The molecule has 0 unspecified atom stereocenters. The predicted octanol–water partition coefficient (Wildman–Crippen LogP) is -1.43. The van der Waals surface area contributed by atoms with Crippen molar-refractivity contribution in [3.05, 3.63) is 0 Å². The van der Waals surface area contributed by atoms with Crippen LogP contribution >= 0.6 is 0 Å². The summed E-state index contributed by atoms with van der Waals surface area (Å²) in [6.07, 6.45) is -1.98. The SMILES string of the molecule is CC(=O)[C@@H](O)[C@@H](C)N.CC(=O)[C@H](O)[C@H](C)N. The fourth-order valence-corrected chi connectivity index (χ4v) is 0.740. The van der Waals surface area contributed by atoms with E-state index < -0.39 is 24.3 Å². The van der Waals surface area contributed by atoms with Crippen molar-refractivity contribution in [1.29, 1.82) is 0 Å². The fraction of sp³-hybridized carbons (Fsp3) is 0.800. The Hall–Kier alpha value is -0.820. The largest absolute Gasteiger partial charge is 0.384 e. The Morgan fingerprint density at radius 3 is 1.06 bits per heavy atom. The molecule has 0 saturated carbocycles. The smallest absolute Gasteiger partial charge is 0.159 e. The first-order valence-electron chi connectivity index (χ1n) is 4.99. The second-order valence-corrected chi connectivity index (χ2v) is 3.83. The molecule has 0 aromatic heterocycles. The lowest BCUT2D eigenvalue weighted by Gasteiger charge is -2.08. The van der Waals surface area contributed by atoms with E-state index in [0.29, 0.717) is 0 Å². The standard InChI is InChI=1S/2C5H11NO2/c2*1-3(6)5(8)4(2)7/h2*3,5,8H,6H2,1-2H3/t2*3-,5+/m10/s1. The Bertz CT molecular complexity index is 205. The number of carbonyl (C=O) groups is 2. The fourth-order valence-electron chi connectivity index (χ4n) is 0.740. The number of hydrogen-bond donors (Lipinski definition) is 4. The Kier molecular flexibility index (Phi) is 9.17. The molecule has 6 heteroatoms. The van der Waals surface area contributed by atoms with Crippen molar-refractivity contribution in [3.63, 3.8) is 0 Å². The van der Waals surface area contributed by atoms with Crippen molar-refractivity contribution >= 4 is 11.6 Å². The number of hydrogen-bond acceptors (Lipinski definition) is 6. The van der Waals surface area contributed by atoms with Crippen LogP contribution in [0.3, 0.4) is 0 Å². The van der Waals surface area contributed by atoms with Crippen LogP contribution in [0.15, 0.2) is 0 Å². The van der Waals surface area contributed by atoms with E-state index in [4.69, 9.17) is 21.7 Å². The van der Waals surface area contributed by atoms with Crippen LogP contribution in [0.5, 0.6) is 0 Å². The summed E-state index contributed by atoms with van der Waals surface area (Å²) in [7, 11) is 0. The van der Waals surface area contributed by atoms with Crippen LogP contribution in [0.2, 0.25) is 0 Å². The maximum Gasteiger partial charge on any atom is 0.159 e. The highest BCUT2D eigenvalue weighted by molar-refractivity contribution is 5.81. The molecular weight excluding hydrogens is 212 g/mol. The third-order valence-corrected chi connectivity index (χ3v) is 1.83. The van der Waals surface area contributed by atoms with E-state index in [9.17, 15) is 9.59 Å². The second kappa shape index (κ2) is 8.35. The topological polar surface area (TPSA) is 127 Å². The molecule has 96 valence electrons. The minimum absolute atomic E-state index is 0.278. The van der Waals surface area contributed by atoms with Crippen molar-refractivity contribution in [2.75, 3.05) is 0 Å². The molecule has 0 aliphatic rings. The molecule has 0 heterocycles. The third-order valence-electron chi connectivity index (χ3n) is 1.83. The number of aliphatic hydroxyl groups is 2. The first-order valence-corrected chi connectivity index (χ1v) is 4.99. The van der Waals surface area contributed by atoms with E-state index in [1.165, 1.54) is 13.8 Å². The van der Waals surface area contributed by atoms with Gasteiger partial charge in [-0.2, -0.15) is 0 Å². The van der Waals surface area contributed by atoms with Crippen molar-refractivity contribution < 1.29 is 19.8 Å². The van der Waals surface area contributed by atoms with E-state index in [1.807, 2.05) is 0 Å². The molecule has 0 spiro atoms. The predicted molar refractivity (Wildman–Crippen MR) is 60.7 cm³/mol. The summed E-state index contributed by atoms with van der Waals surface area (Å²) in [5.74, 6) is -0.556. The number of ketones is 2. The van der Waals surface area contributed by atoms with Gasteiger partial charge in [-0.15, -0.1) is 0 Å². The van der Waals surface area contributed by atoms with Gasteiger partial charge in [0.15, 0.2) is 11.6 Å². The van der Waals surface area contributed by atoms with Gasteiger partial charge >= 0.3 is 0 Å². The minimum atomic E-state index is -0.991. The summed E-state index contributed by atoms with van der Waals surface area (Å²) in [6.45, 7) is 5.81. The molecule has 0 aliphatic heterocycles. The number of aliphatic hydroxyl groups excluding tert-OH is 2. The molecule has 0 rings (SSSR count). The number of rotatable bonds is 4. The quantitative estimate of drug-likeness (QED) is 0.472. The zero-order chi connectivity index (χ0) is 13.5. The Labute approximate surface area is 95.6 Å². The van der Waals surface area contributed by atoms with Gasteiger partial charge in [0.1, 0.15) is 12.2 Å². The van der Waals surface area contributed by atoms with Crippen LogP contribution in [0.4, 0.5) is 0 Å². The van der Waals surface area contributed by atoms with Crippen molar-refractivity contribution in [2.45, 2.75) is 52.0 Å². The molecule has 0 radical (unpaired) electrons. The lowest BCUT2D eigenvalue weighted by molar-refractivity contribution is -0.126. The number of carbonyl (C=O) groups excluding carboxylic acids is 2. The van der Waals surface area contributed by atoms with E-state index in [1.54, 1.807) is 13.8 Å². The number of nitrogens with two attached hydrogens (primary N) is 2. The van der Waals surface area contributed by atoms with Gasteiger partial charge in [0.25, 0.3) is 0 Å². The van der Waals surface area contributed by atoms with Gasteiger partial charge in [-0.3, -0.25) is 9.59 Å². The molecule has 0 fully saturated rings. The molecule has 0 aromatic rings. The summed E-state index contributed by atoms with van der Waals surface area (Å²) in [5.41, 5.74) is 10.3. The van der Waals surface area contributed by atoms with Gasteiger partial charge in [0.05, 0.1) is 0 Å².